The zero-order chi connectivity index (χ0) is 91.3. The second-order valence-electron chi connectivity index (χ2n) is 30.3. The van der Waals surface area contributed by atoms with Crippen molar-refractivity contribution in [3.63, 3.8) is 0 Å². The molecule has 1 fully saturated rings. The van der Waals surface area contributed by atoms with Crippen LogP contribution >= 0.6 is 0 Å². The highest BCUT2D eigenvalue weighted by Crippen LogP contribution is 2.32. The molecule has 0 spiro atoms. The Bertz CT molecular complexity index is 4670. The molecule has 0 aliphatic carbocycles. The largest absolute Gasteiger partial charge is 0.481 e. The molecule has 674 valence electrons. The average Bonchev–Trinajstić information content (AvgIpc) is 1.75. The van der Waals surface area contributed by atoms with Crippen LogP contribution in [0, 0.1) is 19.8 Å². The van der Waals surface area contributed by atoms with Gasteiger partial charge in [0.25, 0.3) is 0 Å². The quantitative estimate of drug-likeness (QED) is 0.0176. The molecule has 3 aromatic carbocycles. The van der Waals surface area contributed by atoms with Gasteiger partial charge < -0.3 is 118 Å². The Kier molecular flexibility index (Phi) is 38.7. The van der Waals surface area contributed by atoms with E-state index in [1.54, 1.807) is 73.9 Å². The maximum Gasteiger partial charge on any atom is 0.303 e. The van der Waals surface area contributed by atoms with E-state index in [1.807, 2.05) is 19.1 Å². The van der Waals surface area contributed by atoms with E-state index in [2.05, 4.69) is 73.9 Å². The van der Waals surface area contributed by atoms with Crippen molar-refractivity contribution in [2.75, 3.05) is 56.1 Å². The molecule has 1 aliphatic rings. The van der Waals surface area contributed by atoms with Gasteiger partial charge in [-0.05, 0) is 172 Å². The topological polar surface area (TPSA) is 710 Å². The molecule has 6 rings (SSSR count). The zero-order valence-electron chi connectivity index (χ0n) is 69.9. The summed E-state index contributed by atoms with van der Waals surface area (Å²) in [5.74, 6) is -15.5. The maximum absolute atomic E-state index is 15.0. The molecule has 45 heteroatoms. The van der Waals surface area contributed by atoms with E-state index in [0.29, 0.717) is 16.8 Å². The number of amides is 13. The van der Waals surface area contributed by atoms with E-state index in [4.69, 9.17) is 44.5 Å². The molecule has 1 saturated heterocycles. The highest BCUT2D eigenvalue weighted by atomic mass is 32.2. The van der Waals surface area contributed by atoms with Gasteiger partial charge in [0.15, 0.2) is 0 Å². The van der Waals surface area contributed by atoms with Crippen LogP contribution in [0.4, 0.5) is 23.1 Å². The van der Waals surface area contributed by atoms with Gasteiger partial charge >= 0.3 is 5.97 Å². The van der Waals surface area contributed by atoms with E-state index in [-0.39, 0.29) is 98.7 Å². The number of carboxylic acids is 1. The smallest absolute Gasteiger partial charge is 0.303 e. The Labute approximate surface area is 710 Å². The first-order valence-corrected chi connectivity index (χ1v) is 41.7. The van der Waals surface area contributed by atoms with Gasteiger partial charge in [-0.15, -0.1) is 0 Å². The Morgan fingerprint density at radius 3 is 1.70 bits per heavy atom. The van der Waals surface area contributed by atoms with Crippen molar-refractivity contribution in [1.82, 2.24) is 83.5 Å². The van der Waals surface area contributed by atoms with Gasteiger partial charge in [-0.3, -0.25) is 71.8 Å². The number of nitrogens with two attached hydrogens (primary N) is 7. The number of carbonyl (C=O) groups is 14. The minimum absolute atomic E-state index is 0.0123. The molecular formula is C78H117N25O19S. The van der Waals surface area contributed by atoms with Crippen LogP contribution in [-0.4, -0.2) is 257 Å². The van der Waals surface area contributed by atoms with Crippen LogP contribution in [0.5, 0.6) is 0 Å². The first-order chi connectivity index (χ1) is 58.1. The van der Waals surface area contributed by atoms with Crippen LogP contribution in [0.3, 0.4) is 0 Å². The normalized spacial score (nSPS) is 19.7. The Balaban J connectivity index is 1.31. The number of carbonyl (C=O) groups excluding carboxylic acids is 13. The number of nitrogens with zero attached hydrogens (tertiary/aromatic N) is 6. The van der Waals surface area contributed by atoms with Gasteiger partial charge in [0.1, 0.15) is 72.3 Å². The summed E-state index contributed by atoms with van der Waals surface area (Å²) in [7, 11) is -0.983. The summed E-state index contributed by atoms with van der Waals surface area (Å²) in [6.45, 7) is 7.12. The molecule has 0 saturated carbocycles. The second kappa shape index (κ2) is 47.6. The maximum atomic E-state index is 15.0. The summed E-state index contributed by atoms with van der Waals surface area (Å²) < 4.78 is 27.7. The fraction of sp³-hybridized carbons (Fsp3) is 0.526. The number of carboxylic acid groups (broad SMARTS) is 1. The second-order valence-corrected chi connectivity index (χ2v) is 31.8. The third-order valence-electron chi connectivity index (χ3n) is 20.1. The van der Waals surface area contributed by atoms with Gasteiger partial charge in [-0.1, -0.05) is 50.2 Å². The highest BCUT2D eigenvalue weighted by molar-refractivity contribution is 7.89. The number of sulfonamides is 1. The van der Waals surface area contributed by atoms with E-state index >= 15 is 4.79 Å². The number of aliphatic hydroxyl groups excluding tert-OH is 2. The Morgan fingerprint density at radius 2 is 1.13 bits per heavy atom. The van der Waals surface area contributed by atoms with Crippen molar-refractivity contribution in [1.29, 1.82) is 0 Å². The number of hydrogen-bond acceptors (Lipinski definition) is 28. The lowest BCUT2D eigenvalue weighted by Crippen LogP contribution is -2.62. The SMILES string of the molecule is Cc1ccc(N(C(=O)CC[C@H](NC(=O)[C@@H](N)CCC(=O)O)C(=O)N[C@@H](CCN)C(=O)N[C@H](C(=O)N[C@@H](CCN)C(=O)N[C@H]2CCNC(=O)[C@H]([C@@H](C)O)NC(=O)[C@H](CCN)NC(=O)[C@H](CCN)NC(=O)[C@H](CC(C)C)NC(=O)[C@@H](Cc3ccccc3)NC(=O)[C@H](CCN)NC2=O)[C@@H](C)O)c2nccc(N(C)c3ccc4c(C)n(C)nc4c3)n2)cc1S(N)(=O)=O. The number of aromatic nitrogens is 4. The zero-order valence-corrected chi connectivity index (χ0v) is 70.7. The summed E-state index contributed by atoms with van der Waals surface area (Å²) in [6, 6.07) is -0.737. The molecule has 13 amide bonds. The fourth-order valence-corrected chi connectivity index (χ4v) is 14.0. The molecular weight excluding hydrogens is 1620 g/mol. The van der Waals surface area contributed by atoms with Gasteiger partial charge in [-0.2, -0.15) is 10.1 Å². The van der Waals surface area contributed by atoms with Gasteiger partial charge in [-0.25, -0.2) is 23.4 Å². The Hall–Kier alpha value is -11.8. The Morgan fingerprint density at radius 1 is 0.602 bits per heavy atom. The first kappa shape index (κ1) is 100.0. The number of hydrogen-bond donors (Lipinski definition) is 22. The molecule has 0 bridgehead atoms. The minimum atomic E-state index is -4.45. The minimum Gasteiger partial charge on any atom is -0.481 e. The predicted molar refractivity (Wildman–Crippen MR) is 450 cm³/mol. The number of fused-ring (bicyclic) bond motifs is 1. The first-order valence-electron chi connectivity index (χ1n) is 40.1. The standard InChI is InChI=1S/C78H117N25O19S/c1-40(2)36-58-74(117)92-51(22-29-79)68(111)91-54(25-32-82)72(115)98-64(43(5)104)76(119)86-34-27-56(71(114)89-52(23-30-80)70(113)96-59(75(118)95-58)37-45-12-10-9-11-13-45)93-69(112)53(24-31-81)94-77(120)65(44(6)105)99-73(116)55(26-33-83)90-67(110)50(88-66(109)49(84)18-21-63(107)108)19-20-62(106)103(47-15-14-41(3)60(39-47)123(85,121)122)78-87-35-28-61(97-78)101(7)46-16-17-48-42(4)102(8)100-57(48)38-46/h9-17,28,35,38-40,43-44,49-56,58-59,64-65,104-105H,18-27,29-34,36-37,79-84H2,1-8H3,(H,86,119)(H,88,109)(H,89,114)(H,90,110)(H,91,111)(H,92,117)(H,93,112)(H,94,120)(H,95,118)(H,96,113)(H,98,115)(H,99,116)(H,107,108)(H2,85,121,122)/t43-,44-,49+,50+,51+,52+,53+,54+,55+,56+,58+,59-,64+,65+/m1/s1. The van der Waals surface area contributed by atoms with Gasteiger partial charge in [0, 0.05) is 62.9 Å². The van der Waals surface area contributed by atoms with E-state index in [0.717, 1.165) is 35.9 Å². The molecule has 5 aromatic rings. The molecule has 29 N–H and O–H groups in total. The molecule has 1 aliphatic heterocycles. The van der Waals surface area contributed by atoms with E-state index < -0.39 is 229 Å². The van der Waals surface area contributed by atoms with Gasteiger partial charge in [0.05, 0.1) is 34.3 Å². The van der Waals surface area contributed by atoms with Crippen LogP contribution in [0.2, 0.25) is 0 Å². The molecule has 14 atom stereocenters. The van der Waals surface area contributed by atoms with Crippen LogP contribution in [0.15, 0.2) is 83.9 Å². The number of benzene rings is 3. The summed E-state index contributed by atoms with van der Waals surface area (Å²) >= 11 is 0. The molecule has 3 heterocycles. The van der Waals surface area contributed by atoms with Crippen molar-refractivity contribution in [2.24, 2.45) is 52.5 Å². The van der Waals surface area contributed by atoms with Gasteiger partial charge in [0.2, 0.25) is 92.8 Å². The van der Waals surface area contributed by atoms with Crippen molar-refractivity contribution < 1.29 is 90.9 Å². The lowest BCUT2D eigenvalue weighted by molar-refractivity contribution is -0.138. The van der Waals surface area contributed by atoms with Crippen LogP contribution in [0.25, 0.3) is 10.9 Å². The van der Waals surface area contributed by atoms with E-state index in [1.165, 1.54) is 31.3 Å². The molecule has 2 aromatic heterocycles. The molecule has 44 nitrogen and oxygen atoms in total. The highest BCUT2D eigenvalue weighted by Gasteiger charge is 2.40. The number of aliphatic hydroxyl groups is 2. The lowest BCUT2D eigenvalue weighted by atomic mass is 10.00. The monoisotopic (exact) mass is 1740 g/mol. The summed E-state index contributed by atoms with van der Waals surface area (Å²) in [6.07, 6.45) is -7.02. The van der Waals surface area contributed by atoms with Crippen molar-refractivity contribution in [3.05, 3.63) is 95.8 Å². The number of primary sulfonamides is 1. The number of rotatable bonds is 37. The third-order valence-corrected chi connectivity index (χ3v) is 21.2. The van der Waals surface area contributed by atoms with Crippen molar-refractivity contribution in [2.45, 2.75) is 208 Å². The molecule has 123 heavy (non-hydrogen) atoms. The van der Waals surface area contributed by atoms with E-state index in [9.17, 15) is 86.1 Å². The predicted octanol–water partition coefficient (Wildman–Crippen LogP) is -6.32. The van der Waals surface area contributed by atoms with Crippen LogP contribution in [-0.2, 0) is 90.6 Å². The summed E-state index contributed by atoms with van der Waals surface area (Å²) in [5.41, 5.74) is 38.7. The average molecular weight is 1740 g/mol. The third kappa shape index (κ3) is 29.5. The number of anilines is 4. The number of nitrogens with one attached hydrogen (secondary N) is 12. The van der Waals surface area contributed by atoms with Crippen molar-refractivity contribution in [3.8, 4) is 0 Å². The van der Waals surface area contributed by atoms with Crippen molar-refractivity contribution >= 4 is 127 Å². The fourth-order valence-electron chi connectivity index (χ4n) is 13.2. The summed E-state index contributed by atoms with van der Waals surface area (Å²) in [5, 5.41) is 72.7. The molecule has 0 radical (unpaired) electrons. The lowest BCUT2D eigenvalue weighted by Gasteiger charge is -2.29. The number of aryl methyl sites for hydroxylation is 3. The van der Waals surface area contributed by atoms with Crippen LogP contribution < -0.4 is 113 Å². The number of aliphatic carboxylic acids is 1. The summed E-state index contributed by atoms with van der Waals surface area (Å²) in [4.78, 5) is 211. The molecule has 0 unspecified atom stereocenters. The van der Waals surface area contributed by atoms with Crippen LogP contribution in [0.1, 0.15) is 115 Å².